The predicted octanol–water partition coefficient (Wildman–Crippen LogP) is 3.02. The van der Waals surface area contributed by atoms with Crippen molar-refractivity contribution in [2.24, 2.45) is 0 Å². The van der Waals surface area contributed by atoms with Crippen LogP contribution in [0.1, 0.15) is 27.9 Å². The van der Waals surface area contributed by atoms with E-state index >= 15 is 0 Å². The molecule has 0 unspecified atom stereocenters. The third kappa shape index (κ3) is 5.83. The van der Waals surface area contributed by atoms with Crippen molar-refractivity contribution in [1.82, 2.24) is 5.32 Å². The Morgan fingerprint density at radius 3 is 2.21 bits per heavy atom. The van der Waals surface area contributed by atoms with Crippen LogP contribution in [0.4, 0.5) is 13.2 Å². The minimum Gasteiger partial charge on any atom is -0.480 e. The average Bonchev–Trinajstić information content (AvgIpc) is 2.66. The molecule has 0 fully saturated rings. The third-order valence-corrected chi connectivity index (χ3v) is 3.69. The summed E-state index contributed by atoms with van der Waals surface area (Å²) < 4.78 is 44.0. The van der Waals surface area contributed by atoms with E-state index in [1.165, 1.54) is 6.07 Å². The van der Waals surface area contributed by atoms with E-state index in [2.05, 4.69) is 0 Å². The minimum absolute atomic E-state index is 0.100. The Balaban J connectivity index is 2.04. The minimum atomic E-state index is -4.79. The number of hydrogen-bond acceptors (Lipinski definition) is 4. The van der Waals surface area contributed by atoms with Crippen LogP contribution in [0.15, 0.2) is 54.6 Å². The molecule has 28 heavy (non-hydrogen) atoms. The van der Waals surface area contributed by atoms with Crippen LogP contribution in [0.5, 0.6) is 0 Å². The fourth-order valence-electron chi connectivity index (χ4n) is 2.33. The summed E-state index contributed by atoms with van der Waals surface area (Å²) in [7, 11) is 0. The number of ether oxygens (including phenoxy) is 1. The highest BCUT2D eigenvalue weighted by molar-refractivity contribution is 5.98. The van der Waals surface area contributed by atoms with Gasteiger partial charge in [-0.05, 0) is 17.7 Å². The van der Waals surface area contributed by atoms with Gasteiger partial charge in [-0.1, -0.05) is 42.5 Å². The largest absolute Gasteiger partial charge is 0.480 e. The lowest BCUT2D eigenvalue weighted by Crippen LogP contribution is -2.43. The molecular formula is C19H16F3NO5. The number of rotatable bonds is 7. The lowest BCUT2D eigenvalue weighted by atomic mass is 10.1. The van der Waals surface area contributed by atoms with Gasteiger partial charge in [-0.3, -0.25) is 9.59 Å². The smallest absolute Gasteiger partial charge is 0.417 e. The van der Waals surface area contributed by atoms with E-state index in [0.29, 0.717) is 11.6 Å². The van der Waals surface area contributed by atoms with E-state index in [4.69, 9.17) is 4.74 Å². The summed E-state index contributed by atoms with van der Waals surface area (Å²) in [5.41, 5.74) is -1.27. The van der Waals surface area contributed by atoms with Crippen LogP contribution < -0.4 is 5.32 Å². The van der Waals surface area contributed by atoms with E-state index in [-0.39, 0.29) is 6.61 Å². The summed E-state index contributed by atoms with van der Waals surface area (Å²) in [5.74, 6) is -3.74. The van der Waals surface area contributed by atoms with E-state index in [0.717, 1.165) is 12.1 Å². The van der Waals surface area contributed by atoms with Crippen LogP contribution in [0.25, 0.3) is 0 Å². The number of carbonyl (C=O) groups is 3. The number of carboxylic acids is 1. The Hall–Kier alpha value is -3.36. The molecule has 1 amide bonds. The fourth-order valence-corrected chi connectivity index (χ4v) is 2.33. The maximum atomic E-state index is 13.0. The molecule has 2 N–H and O–H groups in total. The molecule has 0 saturated heterocycles. The van der Waals surface area contributed by atoms with Crippen molar-refractivity contribution in [3.8, 4) is 0 Å². The van der Waals surface area contributed by atoms with Crippen LogP contribution in [0.3, 0.4) is 0 Å². The second-order valence-electron chi connectivity index (χ2n) is 5.76. The predicted molar refractivity (Wildman–Crippen MR) is 91.2 cm³/mol. The Bertz CT molecular complexity index is 852. The van der Waals surface area contributed by atoms with Crippen LogP contribution in [-0.4, -0.2) is 29.0 Å². The molecule has 0 aliphatic heterocycles. The SMILES string of the molecule is O=C(C[C@@H](NC(=O)c1ccccc1C(F)(F)F)C(=O)O)OCc1ccccc1. The Morgan fingerprint density at radius 1 is 1.00 bits per heavy atom. The number of carboxylic acid groups (broad SMARTS) is 1. The second kappa shape index (κ2) is 9.03. The average molecular weight is 395 g/mol. The van der Waals surface area contributed by atoms with Gasteiger partial charge in [0.15, 0.2) is 0 Å². The van der Waals surface area contributed by atoms with Crippen LogP contribution in [0, 0.1) is 0 Å². The highest BCUT2D eigenvalue weighted by Gasteiger charge is 2.35. The van der Waals surface area contributed by atoms with Gasteiger partial charge in [0.2, 0.25) is 0 Å². The van der Waals surface area contributed by atoms with E-state index in [1.54, 1.807) is 30.3 Å². The number of benzene rings is 2. The molecule has 2 aromatic carbocycles. The molecule has 0 spiro atoms. The highest BCUT2D eigenvalue weighted by atomic mass is 19.4. The summed E-state index contributed by atoms with van der Waals surface area (Å²) >= 11 is 0. The third-order valence-electron chi connectivity index (χ3n) is 3.69. The topological polar surface area (TPSA) is 92.7 Å². The van der Waals surface area contributed by atoms with Gasteiger partial charge in [0.25, 0.3) is 5.91 Å². The number of amides is 1. The zero-order chi connectivity index (χ0) is 20.7. The molecule has 6 nitrogen and oxygen atoms in total. The van der Waals surface area contributed by atoms with Crippen molar-refractivity contribution in [3.63, 3.8) is 0 Å². The summed E-state index contributed by atoms with van der Waals surface area (Å²) in [4.78, 5) is 35.3. The number of esters is 1. The first-order valence-corrected chi connectivity index (χ1v) is 8.08. The number of aliphatic carboxylic acids is 1. The first-order valence-electron chi connectivity index (χ1n) is 8.08. The fraction of sp³-hybridized carbons (Fsp3) is 0.211. The van der Waals surface area contributed by atoms with Gasteiger partial charge in [0.05, 0.1) is 17.5 Å². The zero-order valence-electron chi connectivity index (χ0n) is 14.4. The quantitative estimate of drug-likeness (QED) is 0.703. The number of halogens is 3. The normalized spacial score (nSPS) is 12.1. The second-order valence-corrected chi connectivity index (χ2v) is 5.76. The Kier molecular flexibility index (Phi) is 6.75. The molecule has 9 heteroatoms. The molecular weight excluding hydrogens is 379 g/mol. The van der Waals surface area contributed by atoms with Crippen molar-refractivity contribution >= 4 is 17.8 Å². The van der Waals surface area contributed by atoms with E-state index in [9.17, 15) is 32.7 Å². The van der Waals surface area contributed by atoms with Gasteiger partial charge < -0.3 is 15.2 Å². The van der Waals surface area contributed by atoms with Crippen molar-refractivity contribution in [2.45, 2.75) is 25.2 Å². The monoisotopic (exact) mass is 395 g/mol. The molecule has 0 aromatic heterocycles. The molecule has 148 valence electrons. The zero-order valence-corrected chi connectivity index (χ0v) is 14.4. The lowest BCUT2D eigenvalue weighted by Gasteiger charge is -2.16. The molecule has 0 aliphatic carbocycles. The van der Waals surface area contributed by atoms with Gasteiger partial charge >= 0.3 is 18.1 Å². The molecule has 2 rings (SSSR count). The Labute approximate surface area is 157 Å². The van der Waals surface area contributed by atoms with Crippen molar-refractivity contribution in [3.05, 3.63) is 71.3 Å². The van der Waals surface area contributed by atoms with Crippen molar-refractivity contribution < 1.29 is 37.4 Å². The standard InChI is InChI=1S/C19H16F3NO5/c20-19(21,22)14-9-5-4-8-13(14)17(25)23-15(18(26)27)10-16(24)28-11-12-6-2-1-3-7-12/h1-9,15H,10-11H2,(H,23,25)(H,26,27)/t15-/m1/s1. The molecule has 0 aliphatic rings. The van der Waals surface area contributed by atoms with Gasteiger partial charge in [0.1, 0.15) is 12.6 Å². The van der Waals surface area contributed by atoms with Gasteiger partial charge in [-0.25, -0.2) is 4.79 Å². The van der Waals surface area contributed by atoms with Crippen LogP contribution >= 0.6 is 0 Å². The molecule has 2 aromatic rings. The van der Waals surface area contributed by atoms with Gasteiger partial charge in [-0.2, -0.15) is 13.2 Å². The van der Waals surface area contributed by atoms with Crippen molar-refractivity contribution in [2.75, 3.05) is 0 Å². The van der Waals surface area contributed by atoms with Crippen molar-refractivity contribution in [1.29, 1.82) is 0 Å². The lowest BCUT2D eigenvalue weighted by molar-refractivity contribution is -0.150. The first kappa shape index (κ1) is 20.9. The first-order chi connectivity index (χ1) is 13.2. The molecule has 0 heterocycles. The van der Waals surface area contributed by atoms with Gasteiger partial charge in [0, 0.05) is 0 Å². The number of hydrogen-bond donors (Lipinski definition) is 2. The summed E-state index contributed by atoms with van der Waals surface area (Å²) in [6.45, 7) is -0.100. The summed E-state index contributed by atoms with van der Waals surface area (Å²) in [6, 6.07) is 10.8. The molecule has 0 saturated carbocycles. The molecule has 0 bridgehead atoms. The van der Waals surface area contributed by atoms with Crippen LogP contribution in [-0.2, 0) is 27.1 Å². The summed E-state index contributed by atoms with van der Waals surface area (Å²) in [5, 5.41) is 11.1. The molecule has 1 atom stereocenters. The van der Waals surface area contributed by atoms with E-state index in [1.807, 2.05) is 5.32 Å². The highest BCUT2D eigenvalue weighted by Crippen LogP contribution is 2.31. The number of carbonyl (C=O) groups excluding carboxylic acids is 2. The maximum Gasteiger partial charge on any atom is 0.417 e. The van der Waals surface area contributed by atoms with Gasteiger partial charge in [-0.15, -0.1) is 0 Å². The summed E-state index contributed by atoms with van der Waals surface area (Å²) in [6.07, 6.45) is -5.52. The van der Waals surface area contributed by atoms with E-state index < -0.39 is 47.6 Å². The maximum absolute atomic E-state index is 13.0. The van der Waals surface area contributed by atoms with Crippen LogP contribution in [0.2, 0.25) is 0 Å². The molecule has 0 radical (unpaired) electrons. The number of nitrogens with one attached hydrogen (secondary N) is 1. The Morgan fingerprint density at radius 2 is 1.61 bits per heavy atom. The number of alkyl halides is 3.